The largest absolute Gasteiger partial charge is 0.374 e. The van der Waals surface area contributed by atoms with E-state index in [1.54, 1.807) is 6.20 Å². The second kappa shape index (κ2) is 10.6. The Kier molecular flexibility index (Phi) is 7.65. The number of benzene rings is 1. The number of fused-ring (bicyclic) bond motifs is 1. The quantitative estimate of drug-likeness (QED) is 0.219. The second-order valence-electron chi connectivity index (χ2n) is 7.04. The van der Waals surface area contributed by atoms with Gasteiger partial charge in [-0.2, -0.15) is 0 Å². The summed E-state index contributed by atoms with van der Waals surface area (Å²) in [6.45, 7) is 9.94. The summed E-state index contributed by atoms with van der Waals surface area (Å²) in [6.07, 6.45) is -0.610. The summed E-state index contributed by atoms with van der Waals surface area (Å²) in [4.78, 5) is 11.4. The molecule has 1 aromatic carbocycles. The SMILES string of the molecule is [C-]#[N+]c1ncc(Br)cc1S[C@H]1OC2COC(c3ccccc3)O[C@@H]2[C@H](N=[N+]=[N-])C1OCC. The Labute approximate surface area is 198 Å². The third kappa shape index (κ3) is 4.92. The van der Waals surface area contributed by atoms with E-state index in [1.165, 1.54) is 11.8 Å². The van der Waals surface area contributed by atoms with Crippen LogP contribution >= 0.6 is 27.7 Å². The number of azide groups is 1. The lowest BCUT2D eigenvalue weighted by Crippen LogP contribution is -2.60. The molecule has 3 unspecified atom stereocenters. The number of hydrogen-bond donors (Lipinski definition) is 0. The van der Waals surface area contributed by atoms with Crippen LogP contribution in [0.15, 0.2) is 57.1 Å². The number of pyridine rings is 1. The van der Waals surface area contributed by atoms with E-state index in [9.17, 15) is 5.53 Å². The Morgan fingerprint density at radius 3 is 2.88 bits per heavy atom. The number of ether oxygens (including phenoxy) is 4. The summed E-state index contributed by atoms with van der Waals surface area (Å²) in [5, 5.41) is 4.04. The first-order chi connectivity index (χ1) is 15.6. The van der Waals surface area contributed by atoms with E-state index in [-0.39, 0.29) is 12.4 Å². The fourth-order valence-corrected chi connectivity index (χ4v) is 5.42. The van der Waals surface area contributed by atoms with Crippen LogP contribution < -0.4 is 0 Å². The average Bonchev–Trinajstić information content (AvgIpc) is 2.82. The minimum Gasteiger partial charge on any atom is -0.374 e. The third-order valence-corrected chi connectivity index (χ3v) is 6.67. The fraction of sp³-hybridized carbons (Fsp3) is 0.429. The van der Waals surface area contributed by atoms with E-state index < -0.39 is 36.1 Å². The van der Waals surface area contributed by atoms with Gasteiger partial charge in [0.15, 0.2) is 6.29 Å². The maximum Gasteiger partial charge on any atom is 0.283 e. The molecule has 9 nitrogen and oxygen atoms in total. The van der Waals surface area contributed by atoms with E-state index in [0.717, 1.165) is 10.0 Å². The van der Waals surface area contributed by atoms with Gasteiger partial charge in [0.1, 0.15) is 29.9 Å². The second-order valence-corrected chi connectivity index (χ2v) is 9.10. The van der Waals surface area contributed by atoms with Gasteiger partial charge in [0.2, 0.25) is 0 Å². The molecule has 0 radical (unpaired) electrons. The fourth-order valence-electron chi connectivity index (χ4n) is 3.71. The van der Waals surface area contributed by atoms with Gasteiger partial charge in [0.25, 0.3) is 5.82 Å². The van der Waals surface area contributed by atoms with E-state index in [0.29, 0.717) is 11.5 Å². The van der Waals surface area contributed by atoms with Crippen molar-refractivity contribution >= 4 is 33.5 Å². The molecule has 1 aromatic heterocycles. The minimum absolute atomic E-state index is 0.264. The van der Waals surface area contributed by atoms with Crippen molar-refractivity contribution in [1.82, 2.24) is 4.98 Å². The molecule has 0 aliphatic carbocycles. The smallest absolute Gasteiger partial charge is 0.283 e. The topological polar surface area (TPSA) is 103 Å². The van der Waals surface area contributed by atoms with Gasteiger partial charge in [-0.25, -0.2) is 0 Å². The zero-order valence-electron chi connectivity index (χ0n) is 17.1. The highest BCUT2D eigenvalue weighted by Gasteiger charge is 2.50. The zero-order valence-corrected chi connectivity index (χ0v) is 19.5. The van der Waals surface area contributed by atoms with Gasteiger partial charge in [0.05, 0.1) is 17.1 Å². The van der Waals surface area contributed by atoms with Crippen LogP contribution in [0.5, 0.6) is 0 Å². The summed E-state index contributed by atoms with van der Waals surface area (Å²) >= 11 is 4.71. The summed E-state index contributed by atoms with van der Waals surface area (Å²) in [6, 6.07) is 10.8. The molecule has 0 N–H and O–H groups in total. The maximum atomic E-state index is 9.28. The Hall–Kier alpha value is -2.16. The van der Waals surface area contributed by atoms with Crippen molar-refractivity contribution in [3.8, 4) is 0 Å². The highest BCUT2D eigenvalue weighted by molar-refractivity contribution is 9.10. The standard InChI is InChI=1S/C21H20BrN5O4S/c1-3-28-18-16(26-27-23)17-14(11-29-20(31-17)12-7-5-4-6-8-12)30-21(18)32-15-9-13(22)10-25-19(15)24-2/h4-10,14,16-18,20-21H,3,11H2,1H3/t14?,16-,17-,18?,20?,21+/m0/s1. The molecule has 2 saturated heterocycles. The molecule has 0 amide bonds. The first-order valence-corrected chi connectivity index (χ1v) is 11.6. The lowest BCUT2D eigenvalue weighted by Gasteiger charge is -2.48. The van der Waals surface area contributed by atoms with Crippen LogP contribution in [0.4, 0.5) is 5.82 Å². The van der Waals surface area contributed by atoms with Crippen LogP contribution in [-0.4, -0.2) is 48.0 Å². The molecule has 32 heavy (non-hydrogen) atoms. The van der Waals surface area contributed by atoms with E-state index in [1.807, 2.05) is 43.3 Å². The maximum absolute atomic E-state index is 9.28. The summed E-state index contributed by atoms with van der Waals surface area (Å²) in [5.74, 6) is 0.264. The van der Waals surface area contributed by atoms with Crippen molar-refractivity contribution in [2.45, 2.75) is 47.9 Å². The van der Waals surface area contributed by atoms with E-state index in [2.05, 4.69) is 35.8 Å². The van der Waals surface area contributed by atoms with E-state index in [4.69, 9.17) is 25.5 Å². The molecular formula is C21H20BrN5O4S. The van der Waals surface area contributed by atoms with Gasteiger partial charge in [-0.15, -0.1) is 16.7 Å². The van der Waals surface area contributed by atoms with Crippen molar-refractivity contribution in [2.24, 2.45) is 5.11 Å². The first-order valence-electron chi connectivity index (χ1n) is 9.97. The molecule has 2 aliphatic rings. The number of rotatable bonds is 6. The Balaban J connectivity index is 1.62. The van der Waals surface area contributed by atoms with Crippen LogP contribution in [0, 0.1) is 6.57 Å². The van der Waals surface area contributed by atoms with Gasteiger partial charge in [0, 0.05) is 22.0 Å². The van der Waals surface area contributed by atoms with Gasteiger partial charge < -0.3 is 23.8 Å². The lowest BCUT2D eigenvalue weighted by molar-refractivity contribution is -0.300. The first kappa shape index (κ1) is 23.0. The molecule has 0 saturated carbocycles. The number of nitrogens with zero attached hydrogens (tertiary/aromatic N) is 5. The lowest BCUT2D eigenvalue weighted by atomic mass is 9.96. The molecule has 3 heterocycles. The minimum atomic E-state index is -0.636. The van der Waals surface area contributed by atoms with Gasteiger partial charge >= 0.3 is 0 Å². The van der Waals surface area contributed by atoms with Crippen molar-refractivity contribution < 1.29 is 18.9 Å². The molecule has 2 aromatic rings. The molecule has 0 spiro atoms. The monoisotopic (exact) mass is 517 g/mol. The van der Waals surface area contributed by atoms with Crippen LogP contribution in [0.2, 0.25) is 0 Å². The summed E-state index contributed by atoms with van der Waals surface area (Å²) in [5.41, 5.74) is 9.60. The molecular weight excluding hydrogens is 498 g/mol. The Morgan fingerprint density at radius 1 is 1.34 bits per heavy atom. The molecule has 2 aliphatic heterocycles. The highest BCUT2D eigenvalue weighted by atomic mass is 79.9. The van der Waals surface area contributed by atoms with Crippen molar-refractivity contribution in [2.75, 3.05) is 13.2 Å². The Morgan fingerprint density at radius 2 is 2.16 bits per heavy atom. The molecule has 11 heteroatoms. The zero-order chi connectivity index (χ0) is 22.5. The normalized spacial score (nSPS) is 29.4. The van der Waals surface area contributed by atoms with Crippen LogP contribution in [0.1, 0.15) is 18.8 Å². The predicted molar refractivity (Wildman–Crippen MR) is 121 cm³/mol. The van der Waals surface area contributed by atoms with Crippen LogP contribution in [0.25, 0.3) is 15.3 Å². The van der Waals surface area contributed by atoms with Crippen molar-refractivity contribution in [3.05, 3.63) is 74.5 Å². The number of halogens is 1. The van der Waals surface area contributed by atoms with Crippen LogP contribution in [0.3, 0.4) is 0 Å². The summed E-state index contributed by atoms with van der Waals surface area (Å²) < 4.78 is 25.2. The van der Waals surface area contributed by atoms with Gasteiger partial charge in [-0.05, 0) is 34.5 Å². The van der Waals surface area contributed by atoms with Gasteiger partial charge in [-0.3, -0.25) is 0 Å². The third-order valence-electron chi connectivity index (χ3n) is 5.07. The van der Waals surface area contributed by atoms with Crippen molar-refractivity contribution in [3.63, 3.8) is 0 Å². The van der Waals surface area contributed by atoms with Gasteiger partial charge in [-0.1, -0.05) is 42.0 Å². The van der Waals surface area contributed by atoms with Crippen LogP contribution in [-0.2, 0) is 18.9 Å². The van der Waals surface area contributed by atoms with E-state index >= 15 is 0 Å². The number of thioether (sulfide) groups is 1. The molecule has 6 atom stereocenters. The average molecular weight is 518 g/mol. The number of hydrogen-bond acceptors (Lipinski definition) is 7. The van der Waals surface area contributed by atoms with Crippen molar-refractivity contribution in [1.29, 1.82) is 0 Å². The molecule has 0 bridgehead atoms. The molecule has 4 rings (SSSR count). The Bertz CT molecular complexity index is 1030. The summed E-state index contributed by atoms with van der Waals surface area (Å²) in [7, 11) is 0. The highest BCUT2D eigenvalue weighted by Crippen LogP contribution is 2.43. The predicted octanol–water partition coefficient (Wildman–Crippen LogP) is 5.41. The molecule has 166 valence electrons. The number of aromatic nitrogens is 1. The molecule has 2 fully saturated rings.